The third-order valence-electron chi connectivity index (χ3n) is 4.54. The molecule has 0 unspecified atom stereocenters. The number of nitrogens with zero attached hydrogens (tertiary/aromatic N) is 1. The Morgan fingerprint density at radius 2 is 1.81 bits per heavy atom. The summed E-state index contributed by atoms with van der Waals surface area (Å²) in [5, 5.41) is 2.61. The predicted octanol–water partition coefficient (Wildman–Crippen LogP) is 4.56. The lowest BCUT2D eigenvalue weighted by Crippen LogP contribution is -2.27. The van der Waals surface area contributed by atoms with Gasteiger partial charge in [0, 0.05) is 24.2 Å². The molecule has 0 atom stereocenters. The molecular weight excluding hydrogens is 443 g/mol. The molecule has 0 spiro atoms. The Labute approximate surface area is 185 Å². The van der Waals surface area contributed by atoms with Gasteiger partial charge in [0.1, 0.15) is 16.5 Å². The minimum Gasteiger partial charge on any atom is -0.495 e. The van der Waals surface area contributed by atoms with Crippen LogP contribution in [0.4, 0.5) is 10.1 Å². The molecule has 0 heterocycles. The number of sulfonamides is 1. The monoisotopic (exact) mass is 462 g/mol. The molecule has 31 heavy (non-hydrogen) atoms. The number of carbonyl (C=O) groups excluding carboxylic acids is 1. The zero-order valence-corrected chi connectivity index (χ0v) is 18.4. The number of carbonyl (C=O) groups is 1. The molecule has 0 aliphatic carbocycles. The molecule has 0 saturated carbocycles. The third-order valence-corrected chi connectivity index (χ3v) is 6.60. The molecular formula is C22H20ClFN2O4S. The summed E-state index contributed by atoms with van der Waals surface area (Å²) in [6.07, 6.45) is 0. The molecule has 0 bridgehead atoms. The summed E-state index contributed by atoms with van der Waals surface area (Å²) in [6.45, 7) is 0.138. The number of benzene rings is 3. The smallest absolute Gasteiger partial charge is 0.255 e. The SMILES string of the molecule is COc1ccc(C(=O)Nc2ccc(Cl)cc2F)cc1S(=O)(=O)N(C)Cc1ccccc1. The Morgan fingerprint density at radius 1 is 1.10 bits per heavy atom. The summed E-state index contributed by atoms with van der Waals surface area (Å²) in [5.41, 5.74) is 0.761. The van der Waals surface area contributed by atoms with Crippen molar-refractivity contribution in [2.45, 2.75) is 11.4 Å². The summed E-state index contributed by atoms with van der Waals surface area (Å²) >= 11 is 5.72. The highest BCUT2D eigenvalue weighted by Crippen LogP contribution is 2.29. The maximum absolute atomic E-state index is 14.0. The first kappa shape index (κ1) is 22.7. The van der Waals surface area contributed by atoms with Crippen molar-refractivity contribution in [2.75, 3.05) is 19.5 Å². The molecule has 0 fully saturated rings. The van der Waals surface area contributed by atoms with Gasteiger partial charge < -0.3 is 10.1 Å². The number of rotatable bonds is 7. The Bertz CT molecular complexity index is 1200. The Kier molecular flexibility index (Phi) is 6.94. The molecule has 1 amide bonds. The summed E-state index contributed by atoms with van der Waals surface area (Å²) < 4.78 is 46.7. The van der Waals surface area contributed by atoms with E-state index in [1.807, 2.05) is 30.3 Å². The molecule has 0 radical (unpaired) electrons. The second-order valence-corrected chi connectivity index (χ2v) is 9.14. The van der Waals surface area contributed by atoms with Crippen LogP contribution in [0.25, 0.3) is 0 Å². The lowest BCUT2D eigenvalue weighted by atomic mass is 10.2. The zero-order valence-electron chi connectivity index (χ0n) is 16.8. The van der Waals surface area contributed by atoms with Crippen LogP contribution in [0.2, 0.25) is 5.02 Å². The first-order valence-corrected chi connectivity index (χ1v) is 11.0. The number of nitrogens with one attached hydrogen (secondary N) is 1. The fourth-order valence-corrected chi connectivity index (χ4v) is 4.39. The van der Waals surface area contributed by atoms with Gasteiger partial charge in [-0.15, -0.1) is 0 Å². The first-order chi connectivity index (χ1) is 14.7. The van der Waals surface area contributed by atoms with Gasteiger partial charge in [0.25, 0.3) is 5.91 Å². The summed E-state index contributed by atoms with van der Waals surface area (Å²) in [4.78, 5) is 12.5. The van der Waals surface area contributed by atoms with Crippen molar-refractivity contribution in [1.82, 2.24) is 4.31 Å². The van der Waals surface area contributed by atoms with E-state index >= 15 is 0 Å². The summed E-state index contributed by atoms with van der Waals surface area (Å²) in [7, 11) is -1.20. The average molecular weight is 463 g/mol. The van der Waals surface area contributed by atoms with Crippen LogP contribution in [0.1, 0.15) is 15.9 Å². The minimum atomic E-state index is -3.99. The predicted molar refractivity (Wildman–Crippen MR) is 117 cm³/mol. The van der Waals surface area contributed by atoms with Crippen molar-refractivity contribution in [3.05, 3.63) is 88.7 Å². The quantitative estimate of drug-likeness (QED) is 0.558. The molecule has 9 heteroatoms. The van der Waals surface area contributed by atoms with Crippen molar-refractivity contribution in [2.24, 2.45) is 0 Å². The van der Waals surface area contributed by atoms with E-state index in [-0.39, 0.29) is 33.5 Å². The number of halogens is 2. The van der Waals surface area contributed by atoms with Crippen LogP contribution < -0.4 is 10.1 Å². The van der Waals surface area contributed by atoms with Gasteiger partial charge in [-0.1, -0.05) is 41.9 Å². The number of ether oxygens (including phenoxy) is 1. The van der Waals surface area contributed by atoms with Gasteiger partial charge in [-0.25, -0.2) is 12.8 Å². The van der Waals surface area contributed by atoms with Gasteiger partial charge in [0.2, 0.25) is 10.0 Å². The van der Waals surface area contributed by atoms with E-state index in [0.29, 0.717) is 0 Å². The molecule has 1 N–H and O–H groups in total. The van der Waals surface area contributed by atoms with Gasteiger partial charge in [0.15, 0.2) is 0 Å². The molecule has 0 saturated heterocycles. The van der Waals surface area contributed by atoms with E-state index < -0.39 is 21.7 Å². The average Bonchev–Trinajstić information content (AvgIpc) is 2.75. The van der Waals surface area contributed by atoms with Crippen molar-refractivity contribution in [1.29, 1.82) is 0 Å². The van der Waals surface area contributed by atoms with Crippen LogP contribution in [-0.2, 0) is 16.6 Å². The lowest BCUT2D eigenvalue weighted by Gasteiger charge is -2.19. The van der Waals surface area contributed by atoms with Crippen molar-refractivity contribution < 1.29 is 22.3 Å². The molecule has 3 aromatic carbocycles. The van der Waals surface area contributed by atoms with E-state index in [1.54, 1.807) is 0 Å². The fraction of sp³-hybridized carbons (Fsp3) is 0.136. The molecule has 0 aromatic heterocycles. The van der Waals surface area contributed by atoms with Crippen molar-refractivity contribution >= 4 is 33.2 Å². The van der Waals surface area contributed by atoms with Crippen LogP contribution in [0.5, 0.6) is 5.75 Å². The highest BCUT2D eigenvalue weighted by atomic mass is 35.5. The highest BCUT2D eigenvalue weighted by molar-refractivity contribution is 7.89. The Hall–Kier alpha value is -2.94. The third kappa shape index (κ3) is 5.22. The van der Waals surface area contributed by atoms with Gasteiger partial charge in [0.05, 0.1) is 12.8 Å². The molecule has 0 aliphatic heterocycles. The van der Waals surface area contributed by atoms with E-state index in [9.17, 15) is 17.6 Å². The van der Waals surface area contributed by atoms with E-state index in [4.69, 9.17) is 16.3 Å². The topological polar surface area (TPSA) is 75.7 Å². The number of hydrogen-bond donors (Lipinski definition) is 1. The fourth-order valence-electron chi connectivity index (χ4n) is 2.90. The van der Waals surface area contributed by atoms with Crippen LogP contribution >= 0.6 is 11.6 Å². The summed E-state index contributed by atoms with van der Waals surface area (Å²) in [5.74, 6) is -1.29. The number of hydrogen-bond acceptors (Lipinski definition) is 4. The zero-order chi connectivity index (χ0) is 22.6. The number of methoxy groups -OCH3 is 1. The van der Waals surface area contributed by atoms with Crippen LogP contribution in [-0.4, -0.2) is 32.8 Å². The van der Waals surface area contributed by atoms with Crippen molar-refractivity contribution in [3.63, 3.8) is 0 Å². The van der Waals surface area contributed by atoms with Crippen LogP contribution in [0.3, 0.4) is 0 Å². The second-order valence-electron chi connectivity index (χ2n) is 6.69. The molecule has 3 rings (SSSR count). The lowest BCUT2D eigenvalue weighted by molar-refractivity contribution is 0.102. The van der Waals surface area contributed by atoms with Crippen LogP contribution in [0.15, 0.2) is 71.6 Å². The van der Waals surface area contributed by atoms with Gasteiger partial charge >= 0.3 is 0 Å². The normalized spacial score (nSPS) is 11.4. The molecule has 0 aliphatic rings. The maximum atomic E-state index is 14.0. The molecule has 3 aromatic rings. The first-order valence-electron chi connectivity index (χ1n) is 9.17. The standard InChI is InChI=1S/C22H20ClFN2O4S/c1-26(14-15-6-4-3-5-7-15)31(28,29)21-12-16(8-11-20(21)30-2)22(27)25-19-10-9-17(23)13-18(19)24/h3-13H,14H2,1-2H3,(H,25,27). The Morgan fingerprint density at radius 3 is 2.45 bits per heavy atom. The second kappa shape index (κ2) is 9.47. The van der Waals surface area contributed by atoms with Crippen LogP contribution in [0, 0.1) is 5.82 Å². The van der Waals surface area contributed by atoms with E-state index in [1.165, 1.54) is 48.8 Å². The largest absolute Gasteiger partial charge is 0.495 e. The van der Waals surface area contributed by atoms with Gasteiger partial charge in [-0.05, 0) is 42.0 Å². The van der Waals surface area contributed by atoms with Gasteiger partial charge in [-0.3, -0.25) is 4.79 Å². The maximum Gasteiger partial charge on any atom is 0.255 e. The van der Waals surface area contributed by atoms with Crippen molar-refractivity contribution in [3.8, 4) is 5.75 Å². The summed E-state index contributed by atoms with van der Waals surface area (Å²) in [6, 6.07) is 16.9. The van der Waals surface area contributed by atoms with Gasteiger partial charge in [-0.2, -0.15) is 4.31 Å². The highest BCUT2D eigenvalue weighted by Gasteiger charge is 2.26. The molecule has 162 valence electrons. The molecule has 6 nitrogen and oxygen atoms in total. The van der Waals surface area contributed by atoms with E-state index in [0.717, 1.165) is 11.6 Å². The van der Waals surface area contributed by atoms with E-state index in [2.05, 4.69) is 5.32 Å². The minimum absolute atomic E-state index is 0.0295. The number of anilines is 1. The number of amides is 1. The Balaban J connectivity index is 1.91.